The molecule has 0 unspecified atom stereocenters. The van der Waals surface area contributed by atoms with Gasteiger partial charge in [-0.2, -0.15) is 0 Å². The molecule has 0 fully saturated rings. The van der Waals surface area contributed by atoms with Gasteiger partial charge in [0.05, 0.1) is 5.69 Å². The fourth-order valence-electron chi connectivity index (χ4n) is 1.53. The number of rotatable bonds is 4. The Morgan fingerprint density at radius 2 is 2.20 bits per heavy atom. The average molecular weight is 310 g/mol. The molecule has 0 saturated carbocycles. The molecule has 2 aromatic heterocycles. The number of hydrogen-bond acceptors (Lipinski definition) is 6. The van der Waals surface area contributed by atoms with E-state index >= 15 is 0 Å². The van der Waals surface area contributed by atoms with E-state index in [9.17, 15) is 4.79 Å². The largest absolute Gasteiger partial charge is 0.354 e. The van der Waals surface area contributed by atoms with Gasteiger partial charge in [0.15, 0.2) is 10.8 Å². The number of amides is 1. The van der Waals surface area contributed by atoms with E-state index in [1.165, 1.54) is 13.1 Å². The molecule has 0 saturated heterocycles. The molecule has 20 heavy (non-hydrogen) atoms. The lowest BCUT2D eigenvalue weighted by Gasteiger charge is -2.11. The molecule has 2 heterocycles. The number of thioether (sulfide) groups is 1. The summed E-state index contributed by atoms with van der Waals surface area (Å²) in [6.07, 6.45) is 3.61. The fraction of sp³-hybridized carbons (Fsp3) is 0.167. The van der Waals surface area contributed by atoms with Gasteiger partial charge in [-0.1, -0.05) is 11.6 Å². The molecule has 1 amide bonds. The van der Waals surface area contributed by atoms with E-state index in [0.29, 0.717) is 11.5 Å². The molecule has 6 nitrogen and oxygen atoms in total. The second-order valence-corrected chi connectivity index (χ2v) is 4.92. The summed E-state index contributed by atoms with van der Waals surface area (Å²) in [6, 6.07) is 5.31. The number of aromatic nitrogens is 3. The van der Waals surface area contributed by atoms with E-state index in [0.717, 1.165) is 4.90 Å². The van der Waals surface area contributed by atoms with Crippen LogP contribution in [0.2, 0.25) is 5.15 Å². The van der Waals surface area contributed by atoms with Gasteiger partial charge in [-0.3, -0.25) is 4.79 Å². The van der Waals surface area contributed by atoms with Gasteiger partial charge in [0.25, 0.3) is 5.91 Å². The Morgan fingerprint density at radius 1 is 1.40 bits per heavy atom. The van der Waals surface area contributed by atoms with Crippen molar-refractivity contribution in [1.29, 1.82) is 0 Å². The molecule has 0 aromatic carbocycles. The van der Waals surface area contributed by atoms with E-state index in [-0.39, 0.29) is 16.8 Å². The molecule has 0 radical (unpaired) electrons. The van der Waals surface area contributed by atoms with Gasteiger partial charge in [-0.15, -0.1) is 22.0 Å². The number of halogens is 1. The van der Waals surface area contributed by atoms with Crippen molar-refractivity contribution in [2.24, 2.45) is 0 Å². The molecule has 0 atom stereocenters. The van der Waals surface area contributed by atoms with Crippen LogP contribution < -0.4 is 10.6 Å². The van der Waals surface area contributed by atoms with Gasteiger partial charge >= 0.3 is 0 Å². The van der Waals surface area contributed by atoms with Crippen molar-refractivity contribution in [1.82, 2.24) is 20.5 Å². The van der Waals surface area contributed by atoms with E-state index < -0.39 is 0 Å². The van der Waals surface area contributed by atoms with Gasteiger partial charge in [-0.05, 0) is 18.4 Å². The zero-order chi connectivity index (χ0) is 14.5. The molecule has 2 rings (SSSR count). The van der Waals surface area contributed by atoms with Gasteiger partial charge in [0.1, 0.15) is 5.82 Å². The summed E-state index contributed by atoms with van der Waals surface area (Å²) in [7, 11) is 1.52. The maximum atomic E-state index is 11.8. The summed E-state index contributed by atoms with van der Waals surface area (Å²) in [4.78, 5) is 17.0. The highest BCUT2D eigenvalue weighted by molar-refractivity contribution is 7.98. The Hall–Kier alpha value is -1.86. The van der Waals surface area contributed by atoms with Gasteiger partial charge < -0.3 is 10.6 Å². The number of carbonyl (C=O) groups excluding carboxylic acids is 1. The van der Waals surface area contributed by atoms with Crippen LogP contribution in [0.15, 0.2) is 29.3 Å². The molecule has 0 aliphatic rings. The number of anilines is 2. The molecule has 0 spiro atoms. The second-order valence-electron chi connectivity index (χ2n) is 3.69. The van der Waals surface area contributed by atoms with Crippen LogP contribution in [0.25, 0.3) is 0 Å². The highest BCUT2D eigenvalue weighted by Crippen LogP contribution is 2.27. The SMILES string of the molecule is CNC(=O)c1nnc(Cl)cc1Nc1ncccc1SC. The lowest BCUT2D eigenvalue weighted by molar-refractivity contribution is 0.0958. The van der Waals surface area contributed by atoms with Crippen molar-refractivity contribution in [2.45, 2.75) is 4.90 Å². The highest BCUT2D eigenvalue weighted by atomic mass is 35.5. The number of carbonyl (C=O) groups is 1. The van der Waals surface area contributed by atoms with Gasteiger partial charge in [-0.25, -0.2) is 4.98 Å². The first-order chi connectivity index (χ1) is 9.65. The van der Waals surface area contributed by atoms with Crippen LogP contribution in [0.4, 0.5) is 11.5 Å². The quantitative estimate of drug-likeness (QED) is 0.844. The monoisotopic (exact) mass is 309 g/mol. The van der Waals surface area contributed by atoms with Crippen LogP contribution in [-0.2, 0) is 0 Å². The normalized spacial score (nSPS) is 10.2. The zero-order valence-corrected chi connectivity index (χ0v) is 12.4. The predicted octanol–water partition coefficient (Wildman–Crippen LogP) is 2.35. The third-order valence-electron chi connectivity index (χ3n) is 2.45. The highest BCUT2D eigenvalue weighted by Gasteiger charge is 2.15. The van der Waals surface area contributed by atoms with Crippen LogP contribution in [-0.4, -0.2) is 34.4 Å². The van der Waals surface area contributed by atoms with Crippen molar-refractivity contribution < 1.29 is 4.79 Å². The van der Waals surface area contributed by atoms with Crippen LogP contribution in [0, 0.1) is 0 Å². The van der Waals surface area contributed by atoms with E-state index in [1.54, 1.807) is 18.0 Å². The number of hydrogen-bond donors (Lipinski definition) is 2. The molecule has 2 aromatic rings. The zero-order valence-electron chi connectivity index (χ0n) is 10.8. The van der Waals surface area contributed by atoms with Crippen LogP contribution in [0.1, 0.15) is 10.5 Å². The van der Waals surface area contributed by atoms with Crippen molar-refractivity contribution in [3.63, 3.8) is 0 Å². The molecular formula is C12H12ClN5OS. The molecule has 104 valence electrons. The second kappa shape index (κ2) is 6.53. The average Bonchev–Trinajstić information content (AvgIpc) is 2.47. The molecular weight excluding hydrogens is 298 g/mol. The number of nitrogens with zero attached hydrogens (tertiary/aromatic N) is 3. The number of nitrogens with one attached hydrogen (secondary N) is 2. The molecule has 0 aliphatic carbocycles. The fourth-order valence-corrected chi connectivity index (χ4v) is 2.18. The summed E-state index contributed by atoms with van der Waals surface area (Å²) < 4.78 is 0. The molecule has 8 heteroatoms. The molecule has 2 N–H and O–H groups in total. The summed E-state index contributed by atoms with van der Waals surface area (Å²) in [5.41, 5.74) is 0.618. The first-order valence-corrected chi connectivity index (χ1v) is 7.27. The van der Waals surface area contributed by atoms with E-state index in [2.05, 4.69) is 25.8 Å². The van der Waals surface area contributed by atoms with E-state index in [1.807, 2.05) is 18.4 Å². The molecule has 0 bridgehead atoms. The minimum atomic E-state index is -0.349. The Kier molecular flexibility index (Phi) is 4.75. The summed E-state index contributed by atoms with van der Waals surface area (Å²) in [6.45, 7) is 0. The first-order valence-electron chi connectivity index (χ1n) is 5.67. The van der Waals surface area contributed by atoms with Crippen molar-refractivity contribution in [3.8, 4) is 0 Å². The third kappa shape index (κ3) is 3.17. The van der Waals surface area contributed by atoms with Crippen LogP contribution in [0.5, 0.6) is 0 Å². The standard InChI is InChI=1S/C12H12ClN5OS/c1-14-12(19)10-7(6-9(13)17-18-10)16-11-8(20-2)4-3-5-15-11/h3-6H,1-2H3,(H,14,19)(H,15,16,17). The summed E-state index contributed by atoms with van der Waals surface area (Å²) in [5.74, 6) is 0.285. The topological polar surface area (TPSA) is 79.8 Å². The Labute approximate surface area is 125 Å². The minimum absolute atomic E-state index is 0.162. The smallest absolute Gasteiger partial charge is 0.273 e. The number of pyridine rings is 1. The lowest BCUT2D eigenvalue weighted by Crippen LogP contribution is -2.21. The van der Waals surface area contributed by atoms with E-state index in [4.69, 9.17) is 11.6 Å². The lowest BCUT2D eigenvalue weighted by atomic mass is 10.3. The summed E-state index contributed by atoms with van der Waals surface area (Å²) >= 11 is 7.38. The molecule has 0 aliphatic heterocycles. The maximum absolute atomic E-state index is 11.8. The van der Waals surface area contributed by atoms with Crippen molar-refractivity contribution in [2.75, 3.05) is 18.6 Å². The first kappa shape index (κ1) is 14.5. The summed E-state index contributed by atoms with van der Waals surface area (Å²) in [5, 5.41) is 13.3. The minimum Gasteiger partial charge on any atom is -0.354 e. The van der Waals surface area contributed by atoms with Crippen LogP contribution in [0.3, 0.4) is 0 Å². The van der Waals surface area contributed by atoms with Gasteiger partial charge in [0.2, 0.25) is 0 Å². The van der Waals surface area contributed by atoms with Crippen molar-refractivity contribution in [3.05, 3.63) is 35.2 Å². The third-order valence-corrected chi connectivity index (χ3v) is 3.40. The van der Waals surface area contributed by atoms with Crippen molar-refractivity contribution >= 4 is 40.8 Å². The Bertz CT molecular complexity index is 637. The Balaban J connectivity index is 2.42. The predicted molar refractivity (Wildman–Crippen MR) is 79.7 cm³/mol. The maximum Gasteiger partial charge on any atom is 0.273 e. The van der Waals surface area contributed by atoms with Crippen LogP contribution >= 0.6 is 23.4 Å². The van der Waals surface area contributed by atoms with Gasteiger partial charge in [0, 0.05) is 24.2 Å². The Morgan fingerprint density at radius 3 is 2.90 bits per heavy atom.